The van der Waals surface area contributed by atoms with Crippen molar-refractivity contribution in [3.8, 4) is 0 Å². The van der Waals surface area contributed by atoms with Gasteiger partial charge in [-0.25, -0.2) is 0 Å². The molecule has 2 aliphatic rings. The van der Waals surface area contributed by atoms with E-state index in [1.54, 1.807) is 4.88 Å². The van der Waals surface area contributed by atoms with E-state index < -0.39 is 0 Å². The quantitative estimate of drug-likeness (QED) is 0.510. The van der Waals surface area contributed by atoms with Crippen LogP contribution in [0, 0.1) is 6.92 Å². The molecule has 3 heteroatoms. The maximum Gasteiger partial charge on any atom is 0.0866 e. The van der Waals surface area contributed by atoms with E-state index in [1.165, 1.54) is 59.1 Å². The average molecular weight is 349 g/mol. The number of rotatable bonds is 1. The van der Waals surface area contributed by atoms with Crippen LogP contribution in [0.4, 0.5) is 5.69 Å². The summed E-state index contributed by atoms with van der Waals surface area (Å²) in [5.74, 6) is 0. The van der Waals surface area contributed by atoms with E-state index in [9.17, 15) is 0 Å². The Labute approximate surface area is 153 Å². The van der Waals surface area contributed by atoms with Gasteiger partial charge in [0.1, 0.15) is 0 Å². The molecule has 1 spiro atoms. The van der Waals surface area contributed by atoms with Crippen LogP contribution in [0.2, 0.25) is 0 Å². The minimum atomic E-state index is 0.171. The molecular formula is C22H24N2S. The molecular weight excluding hydrogens is 324 g/mol. The fraction of sp³-hybridized carbons (Fsp3) is 0.409. The molecule has 0 saturated heterocycles. The van der Waals surface area contributed by atoms with Gasteiger partial charge in [0.25, 0.3) is 0 Å². The Balaban J connectivity index is 1.78. The molecule has 1 aromatic carbocycles. The van der Waals surface area contributed by atoms with Gasteiger partial charge < -0.3 is 4.90 Å². The maximum atomic E-state index is 4.78. The van der Waals surface area contributed by atoms with Crippen molar-refractivity contribution in [3.63, 3.8) is 0 Å². The molecule has 3 heterocycles. The topological polar surface area (TPSA) is 16.1 Å². The fourth-order valence-corrected chi connectivity index (χ4v) is 6.66. The smallest absolute Gasteiger partial charge is 0.0866 e. The monoisotopic (exact) mass is 348 g/mol. The van der Waals surface area contributed by atoms with Gasteiger partial charge in [-0.1, -0.05) is 37.5 Å². The van der Waals surface area contributed by atoms with Crippen molar-refractivity contribution < 1.29 is 0 Å². The summed E-state index contributed by atoms with van der Waals surface area (Å²) >= 11 is 2.00. The predicted molar refractivity (Wildman–Crippen MR) is 106 cm³/mol. The average Bonchev–Trinajstić information content (AvgIpc) is 3.13. The lowest BCUT2D eigenvalue weighted by atomic mass is 9.80. The number of aromatic nitrogens is 1. The third-order valence-electron chi connectivity index (χ3n) is 6.23. The van der Waals surface area contributed by atoms with Gasteiger partial charge in [0, 0.05) is 22.3 Å². The Morgan fingerprint density at radius 2 is 1.88 bits per heavy atom. The Bertz CT molecular complexity index is 936. The van der Waals surface area contributed by atoms with E-state index in [-0.39, 0.29) is 5.54 Å². The summed E-state index contributed by atoms with van der Waals surface area (Å²) in [6.07, 6.45) is 8.52. The first-order valence-corrected chi connectivity index (χ1v) is 10.3. The van der Waals surface area contributed by atoms with Gasteiger partial charge in [-0.15, -0.1) is 11.3 Å². The largest absolute Gasteiger partial charge is 0.354 e. The molecule has 1 aliphatic heterocycles. The molecule has 2 nitrogen and oxygen atoms in total. The number of benzene rings is 1. The molecule has 0 amide bonds. The zero-order valence-corrected chi connectivity index (χ0v) is 15.8. The van der Waals surface area contributed by atoms with Crippen molar-refractivity contribution in [1.82, 2.24) is 4.98 Å². The Morgan fingerprint density at radius 1 is 1.08 bits per heavy atom. The zero-order valence-electron chi connectivity index (χ0n) is 15.0. The van der Waals surface area contributed by atoms with Gasteiger partial charge in [-0.3, -0.25) is 4.98 Å². The van der Waals surface area contributed by atoms with Gasteiger partial charge >= 0.3 is 0 Å². The second kappa shape index (κ2) is 5.57. The van der Waals surface area contributed by atoms with Crippen LogP contribution in [-0.2, 0) is 5.54 Å². The lowest BCUT2D eigenvalue weighted by Gasteiger charge is -2.45. The molecule has 5 rings (SSSR count). The highest BCUT2D eigenvalue weighted by molar-refractivity contribution is 7.19. The summed E-state index contributed by atoms with van der Waals surface area (Å²) in [5, 5.41) is 0. The Morgan fingerprint density at radius 3 is 2.68 bits per heavy atom. The molecule has 1 saturated carbocycles. The molecule has 0 bridgehead atoms. The van der Waals surface area contributed by atoms with E-state index >= 15 is 0 Å². The molecule has 1 aliphatic carbocycles. The van der Waals surface area contributed by atoms with Gasteiger partial charge in [0.05, 0.1) is 21.8 Å². The third-order valence-corrected chi connectivity index (χ3v) is 7.58. The summed E-state index contributed by atoms with van der Waals surface area (Å²) < 4.78 is 1.36. The van der Waals surface area contributed by atoms with Crippen LogP contribution in [0.5, 0.6) is 0 Å². The lowest BCUT2D eigenvalue weighted by Crippen LogP contribution is -2.44. The summed E-state index contributed by atoms with van der Waals surface area (Å²) in [5.41, 5.74) is 5.68. The van der Waals surface area contributed by atoms with Crippen molar-refractivity contribution in [2.24, 2.45) is 0 Å². The number of pyridine rings is 1. The standard InChI is InChI=1S/C22H24N2S/c1-15-9-4-5-10-17(15)24-16(2)19-20-18(11-8-14-23-20)25-21(19)22(24)12-6-3-7-13-22/h4-5,8-11,14,16H,3,6-7,12-13H2,1-2H3/t16-/m0/s1. The van der Waals surface area contributed by atoms with E-state index in [1.807, 2.05) is 17.5 Å². The van der Waals surface area contributed by atoms with Gasteiger partial charge in [-0.2, -0.15) is 0 Å². The molecule has 25 heavy (non-hydrogen) atoms. The lowest BCUT2D eigenvalue weighted by molar-refractivity contribution is 0.288. The van der Waals surface area contributed by atoms with E-state index in [2.05, 4.69) is 55.1 Å². The van der Waals surface area contributed by atoms with Crippen molar-refractivity contribution in [2.45, 2.75) is 57.5 Å². The molecule has 0 radical (unpaired) electrons. The molecule has 1 atom stereocenters. The second-order valence-electron chi connectivity index (χ2n) is 7.62. The van der Waals surface area contributed by atoms with Crippen LogP contribution in [0.15, 0.2) is 42.6 Å². The van der Waals surface area contributed by atoms with Gasteiger partial charge in [0.15, 0.2) is 0 Å². The number of aryl methyl sites for hydroxylation is 1. The SMILES string of the molecule is Cc1ccccc1N1[C@@H](C)c2c(sc3cccnc23)C12CCCCC2. The van der Waals surface area contributed by atoms with Crippen molar-refractivity contribution in [1.29, 1.82) is 0 Å². The second-order valence-corrected chi connectivity index (χ2v) is 8.67. The highest BCUT2D eigenvalue weighted by Crippen LogP contribution is 2.59. The highest BCUT2D eigenvalue weighted by Gasteiger charge is 2.51. The van der Waals surface area contributed by atoms with Crippen molar-refractivity contribution >= 4 is 27.2 Å². The first-order valence-electron chi connectivity index (χ1n) is 9.45. The number of anilines is 1. The number of thiophene rings is 1. The summed E-state index contributed by atoms with van der Waals surface area (Å²) in [7, 11) is 0. The highest BCUT2D eigenvalue weighted by atomic mass is 32.1. The molecule has 0 N–H and O–H groups in total. The number of para-hydroxylation sites is 1. The molecule has 128 valence electrons. The van der Waals surface area contributed by atoms with Crippen LogP contribution < -0.4 is 4.90 Å². The van der Waals surface area contributed by atoms with Crippen LogP contribution in [0.3, 0.4) is 0 Å². The van der Waals surface area contributed by atoms with E-state index in [0.29, 0.717) is 6.04 Å². The van der Waals surface area contributed by atoms with Crippen LogP contribution in [0.1, 0.15) is 61.1 Å². The van der Waals surface area contributed by atoms with Gasteiger partial charge in [-0.05, 0) is 50.5 Å². The minimum absolute atomic E-state index is 0.171. The Hall–Kier alpha value is -1.87. The van der Waals surface area contributed by atoms with Crippen LogP contribution in [-0.4, -0.2) is 4.98 Å². The first-order chi connectivity index (χ1) is 12.2. The predicted octanol–water partition coefficient (Wildman–Crippen LogP) is 6.35. The van der Waals surface area contributed by atoms with Crippen molar-refractivity contribution in [3.05, 3.63) is 58.6 Å². The fourth-order valence-electron chi connectivity index (χ4n) is 5.17. The third kappa shape index (κ3) is 2.05. The van der Waals surface area contributed by atoms with Crippen LogP contribution in [0.25, 0.3) is 10.2 Å². The summed E-state index contributed by atoms with van der Waals surface area (Å²) in [4.78, 5) is 9.12. The molecule has 3 aromatic rings. The number of hydrogen-bond donors (Lipinski definition) is 0. The number of fused-ring (bicyclic) bond motifs is 4. The summed E-state index contributed by atoms with van der Waals surface area (Å²) in [6.45, 7) is 4.64. The zero-order chi connectivity index (χ0) is 17.0. The van der Waals surface area contributed by atoms with E-state index in [4.69, 9.17) is 4.98 Å². The maximum absolute atomic E-state index is 4.78. The van der Waals surface area contributed by atoms with E-state index in [0.717, 1.165) is 0 Å². The first kappa shape index (κ1) is 15.4. The van der Waals surface area contributed by atoms with Crippen LogP contribution >= 0.6 is 11.3 Å². The normalized spacial score (nSPS) is 21.8. The minimum Gasteiger partial charge on any atom is -0.354 e. The molecule has 0 unspecified atom stereocenters. The summed E-state index contributed by atoms with van der Waals surface area (Å²) in [6, 6.07) is 13.6. The molecule has 1 fully saturated rings. The number of nitrogens with zero attached hydrogens (tertiary/aromatic N) is 2. The number of hydrogen-bond acceptors (Lipinski definition) is 3. The molecule has 2 aromatic heterocycles. The van der Waals surface area contributed by atoms with Gasteiger partial charge in [0.2, 0.25) is 0 Å². The van der Waals surface area contributed by atoms with Crippen molar-refractivity contribution in [2.75, 3.05) is 4.90 Å². The Kier molecular flexibility index (Phi) is 3.43.